The maximum absolute atomic E-state index is 12.2. The van der Waals surface area contributed by atoms with Crippen molar-refractivity contribution in [1.82, 2.24) is 15.2 Å². The van der Waals surface area contributed by atoms with E-state index in [1.165, 1.54) is 16.9 Å². The van der Waals surface area contributed by atoms with Crippen molar-refractivity contribution in [2.24, 2.45) is 17.3 Å². The van der Waals surface area contributed by atoms with Gasteiger partial charge in [0.05, 0.1) is 6.10 Å². The summed E-state index contributed by atoms with van der Waals surface area (Å²) >= 11 is 1.51. The van der Waals surface area contributed by atoms with Crippen LogP contribution in [0.4, 0.5) is 5.13 Å². The summed E-state index contributed by atoms with van der Waals surface area (Å²) in [5.41, 5.74) is 6.84. The van der Waals surface area contributed by atoms with Crippen LogP contribution in [-0.4, -0.2) is 46.6 Å². The number of β-amino-alcohol motifs (C(OH)–C–C–N with tert-alkyl or cyclic N) is 1. The zero-order chi connectivity index (χ0) is 19.3. The van der Waals surface area contributed by atoms with Crippen LogP contribution >= 0.6 is 11.3 Å². The van der Waals surface area contributed by atoms with Crippen LogP contribution in [0.25, 0.3) is 0 Å². The van der Waals surface area contributed by atoms with Crippen molar-refractivity contribution < 1.29 is 9.90 Å². The van der Waals surface area contributed by atoms with E-state index >= 15 is 0 Å². The zero-order valence-corrected chi connectivity index (χ0v) is 16.6. The van der Waals surface area contributed by atoms with Crippen LogP contribution in [0, 0.1) is 17.3 Å². The Morgan fingerprint density at radius 1 is 1.36 bits per heavy atom. The molecule has 4 atom stereocenters. The lowest BCUT2D eigenvalue weighted by Gasteiger charge is -2.16. The Morgan fingerprint density at radius 3 is 2.82 bits per heavy atom. The average Bonchev–Trinajstić information content (AvgIpc) is 3.56. The van der Waals surface area contributed by atoms with Gasteiger partial charge in [-0.15, -0.1) is 11.3 Å². The van der Waals surface area contributed by atoms with Crippen LogP contribution < -0.4 is 11.1 Å². The van der Waals surface area contributed by atoms with Crippen LogP contribution in [0.2, 0.25) is 0 Å². The number of nitrogen functional groups attached to an aromatic ring is 1. The van der Waals surface area contributed by atoms with Crippen LogP contribution in [0.15, 0.2) is 36.5 Å². The standard InChI is InChI=1S/C21H26N4O2S/c22-20-24-8-15(28-20)10-25-11-17(26)21(12-25)16(9-23-19(27)14-6-7-14)18(21)13-4-2-1-3-5-13/h1-5,8,14,16-18,26H,6-7,9-12H2,(H2,22,24)(H,23,27)/t16-,17-,18-,21-/m1/s1. The molecule has 148 valence electrons. The Kier molecular flexibility index (Phi) is 4.41. The molecule has 1 saturated heterocycles. The molecular weight excluding hydrogens is 372 g/mol. The molecule has 1 aromatic carbocycles. The number of nitrogens with zero attached hydrogens (tertiary/aromatic N) is 2. The third kappa shape index (κ3) is 3.11. The topological polar surface area (TPSA) is 91.5 Å². The van der Waals surface area contributed by atoms with Gasteiger partial charge in [-0.05, 0) is 30.2 Å². The summed E-state index contributed by atoms with van der Waals surface area (Å²) in [7, 11) is 0. The highest BCUT2D eigenvalue weighted by Gasteiger charge is 2.71. The largest absolute Gasteiger partial charge is 0.391 e. The first-order valence-electron chi connectivity index (χ1n) is 10.0. The Balaban J connectivity index is 1.34. The SMILES string of the molecule is Nc1ncc(CN2C[C@@H](O)[C@@]3(C2)[C@H](CNC(=O)C2CC2)[C@H]3c2ccccc2)s1. The molecule has 2 saturated carbocycles. The predicted octanol–water partition coefficient (Wildman–Crippen LogP) is 1.83. The second kappa shape index (κ2) is 6.83. The molecule has 3 fully saturated rings. The van der Waals surface area contributed by atoms with Crippen molar-refractivity contribution >= 4 is 22.4 Å². The lowest BCUT2D eigenvalue weighted by Crippen LogP contribution is -2.31. The Labute approximate surface area is 168 Å². The third-order valence-corrected chi connectivity index (χ3v) is 7.48. The number of aliphatic hydroxyl groups is 1. The Hall–Kier alpha value is -1.96. The molecule has 4 N–H and O–H groups in total. The number of nitrogens with two attached hydrogens (primary N) is 1. The summed E-state index contributed by atoms with van der Waals surface area (Å²) < 4.78 is 0. The highest BCUT2D eigenvalue weighted by molar-refractivity contribution is 7.15. The number of amides is 1. The molecule has 0 unspecified atom stereocenters. The number of hydrogen-bond acceptors (Lipinski definition) is 6. The fourth-order valence-electron chi connectivity index (χ4n) is 5.13. The van der Waals surface area contributed by atoms with E-state index in [1.807, 2.05) is 12.3 Å². The van der Waals surface area contributed by atoms with Crippen LogP contribution in [-0.2, 0) is 11.3 Å². The summed E-state index contributed by atoms with van der Waals surface area (Å²) in [6, 6.07) is 10.4. The van der Waals surface area contributed by atoms with Gasteiger partial charge in [0.2, 0.25) is 5.91 Å². The van der Waals surface area contributed by atoms with Crippen molar-refractivity contribution in [3.8, 4) is 0 Å². The molecule has 6 nitrogen and oxygen atoms in total. The van der Waals surface area contributed by atoms with Crippen molar-refractivity contribution in [2.75, 3.05) is 25.4 Å². The number of rotatable bonds is 6. The normalized spacial score (nSPS) is 32.0. The first kappa shape index (κ1) is 18.1. The van der Waals surface area contributed by atoms with E-state index in [4.69, 9.17) is 5.73 Å². The second-order valence-electron chi connectivity index (χ2n) is 8.48. The molecule has 0 radical (unpaired) electrons. The summed E-state index contributed by atoms with van der Waals surface area (Å²) in [5, 5.41) is 14.8. The number of carbonyl (C=O) groups excluding carboxylic acids is 1. The lowest BCUT2D eigenvalue weighted by atomic mass is 9.95. The van der Waals surface area contributed by atoms with Gasteiger partial charge in [-0.25, -0.2) is 4.98 Å². The molecule has 1 spiro atoms. The molecule has 2 aliphatic carbocycles. The lowest BCUT2D eigenvalue weighted by molar-refractivity contribution is -0.122. The maximum atomic E-state index is 12.2. The summed E-state index contributed by atoms with van der Waals surface area (Å²) in [6.07, 6.45) is 3.45. The summed E-state index contributed by atoms with van der Waals surface area (Å²) in [4.78, 5) is 19.7. The van der Waals surface area contributed by atoms with Gasteiger partial charge in [0, 0.05) is 48.6 Å². The average molecular weight is 399 g/mol. The number of hydrogen-bond donors (Lipinski definition) is 3. The number of carbonyl (C=O) groups is 1. The van der Waals surface area contributed by atoms with Crippen LogP contribution in [0.1, 0.15) is 29.2 Å². The van der Waals surface area contributed by atoms with E-state index in [1.54, 1.807) is 0 Å². The molecule has 0 bridgehead atoms. The summed E-state index contributed by atoms with van der Waals surface area (Å²) in [5.74, 6) is 0.939. The van der Waals surface area contributed by atoms with Crippen LogP contribution in [0.5, 0.6) is 0 Å². The molecule has 1 aromatic heterocycles. The molecule has 1 aliphatic heterocycles. The van der Waals surface area contributed by atoms with E-state index in [0.29, 0.717) is 18.2 Å². The molecule has 1 amide bonds. The van der Waals surface area contributed by atoms with Crippen molar-refractivity contribution in [2.45, 2.75) is 31.4 Å². The van der Waals surface area contributed by atoms with Gasteiger partial charge < -0.3 is 16.2 Å². The van der Waals surface area contributed by atoms with Crippen molar-refractivity contribution in [1.29, 1.82) is 0 Å². The molecule has 28 heavy (non-hydrogen) atoms. The number of anilines is 1. The number of likely N-dealkylation sites (tertiary alicyclic amines) is 1. The monoisotopic (exact) mass is 398 g/mol. The van der Waals surface area contributed by atoms with Gasteiger partial charge in [0.1, 0.15) is 0 Å². The highest BCUT2D eigenvalue weighted by atomic mass is 32.1. The van der Waals surface area contributed by atoms with E-state index in [-0.39, 0.29) is 29.1 Å². The molecule has 7 heteroatoms. The molecular formula is C21H26N4O2S. The Morgan fingerprint density at radius 2 is 2.14 bits per heavy atom. The van der Waals surface area contributed by atoms with Crippen molar-refractivity contribution in [3.05, 3.63) is 47.0 Å². The fourth-order valence-corrected chi connectivity index (χ4v) is 5.86. The molecule has 3 aliphatic rings. The van der Waals surface area contributed by atoms with Gasteiger partial charge in [-0.3, -0.25) is 9.69 Å². The van der Waals surface area contributed by atoms with Gasteiger partial charge in [-0.2, -0.15) is 0 Å². The number of nitrogens with one attached hydrogen (secondary N) is 1. The number of benzene rings is 1. The molecule has 2 aromatic rings. The maximum Gasteiger partial charge on any atom is 0.223 e. The molecule has 2 heterocycles. The summed E-state index contributed by atoms with van der Waals surface area (Å²) in [6.45, 7) is 2.88. The number of aromatic nitrogens is 1. The van der Waals surface area contributed by atoms with E-state index in [0.717, 1.165) is 30.8 Å². The van der Waals surface area contributed by atoms with E-state index in [9.17, 15) is 9.90 Å². The number of aliphatic hydroxyl groups excluding tert-OH is 1. The second-order valence-corrected chi connectivity index (χ2v) is 9.62. The zero-order valence-electron chi connectivity index (χ0n) is 15.8. The highest BCUT2D eigenvalue weighted by Crippen LogP contribution is 2.68. The minimum Gasteiger partial charge on any atom is -0.391 e. The third-order valence-electron chi connectivity index (χ3n) is 6.67. The van der Waals surface area contributed by atoms with E-state index in [2.05, 4.69) is 39.5 Å². The smallest absolute Gasteiger partial charge is 0.223 e. The molecule has 5 rings (SSSR count). The van der Waals surface area contributed by atoms with E-state index < -0.39 is 6.10 Å². The predicted molar refractivity (Wildman–Crippen MR) is 109 cm³/mol. The van der Waals surface area contributed by atoms with Crippen LogP contribution in [0.3, 0.4) is 0 Å². The van der Waals surface area contributed by atoms with Gasteiger partial charge in [-0.1, -0.05) is 30.3 Å². The van der Waals surface area contributed by atoms with Gasteiger partial charge in [0.25, 0.3) is 0 Å². The van der Waals surface area contributed by atoms with Crippen molar-refractivity contribution in [3.63, 3.8) is 0 Å². The number of thiazole rings is 1. The minimum atomic E-state index is -0.397. The first-order chi connectivity index (χ1) is 13.6. The quantitative estimate of drug-likeness (QED) is 0.691. The first-order valence-corrected chi connectivity index (χ1v) is 10.8. The fraction of sp³-hybridized carbons (Fsp3) is 0.524. The van der Waals surface area contributed by atoms with Gasteiger partial charge in [0.15, 0.2) is 5.13 Å². The minimum absolute atomic E-state index is 0.179. The van der Waals surface area contributed by atoms with Gasteiger partial charge >= 0.3 is 0 Å². The Bertz CT molecular complexity index is 868.